The van der Waals surface area contributed by atoms with Crippen molar-refractivity contribution in [3.63, 3.8) is 0 Å². The number of amides is 1. The summed E-state index contributed by atoms with van der Waals surface area (Å²) in [4.78, 5) is 25.5. The normalized spacial score (nSPS) is 15.4. The number of halogens is 3. The minimum absolute atomic E-state index is 0.00416. The van der Waals surface area contributed by atoms with Crippen LogP contribution in [0.1, 0.15) is 35.8 Å². The van der Waals surface area contributed by atoms with Gasteiger partial charge in [-0.25, -0.2) is 4.68 Å². The van der Waals surface area contributed by atoms with Gasteiger partial charge in [0, 0.05) is 24.3 Å². The molecule has 1 aromatic carbocycles. The zero-order valence-electron chi connectivity index (χ0n) is 14.5. The fraction of sp³-hybridized carbons (Fsp3) is 0.389. The van der Waals surface area contributed by atoms with Crippen LogP contribution in [0.25, 0.3) is 5.69 Å². The van der Waals surface area contributed by atoms with Gasteiger partial charge in [0.25, 0.3) is 5.91 Å². The van der Waals surface area contributed by atoms with E-state index in [0.717, 1.165) is 23.6 Å². The van der Waals surface area contributed by atoms with Crippen LogP contribution in [-0.2, 0) is 11.0 Å². The van der Waals surface area contributed by atoms with Crippen LogP contribution >= 0.6 is 0 Å². The molecule has 27 heavy (non-hydrogen) atoms. The van der Waals surface area contributed by atoms with E-state index in [0.29, 0.717) is 5.69 Å². The monoisotopic (exact) mass is 381 g/mol. The zero-order chi connectivity index (χ0) is 19.8. The maximum Gasteiger partial charge on any atom is 0.435 e. The second-order valence-electron chi connectivity index (χ2n) is 6.62. The topological polar surface area (TPSA) is 75.4 Å². The number of aliphatic carboxylic acids is 1. The second kappa shape index (κ2) is 7.05. The van der Waals surface area contributed by atoms with E-state index in [4.69, 9.17) is 5.11 Å². The van der Waals surface area contributed by atoms with Gasteiger partial charge in [-0.15, -0.1) is 0 Å². The highest BCUT2D eigenvalue weighted by Crippen LogP contribution is 2.30. The highest BCUT2D eigenvalue weighted by atomic mass is 19.4. The van der Waals surface area contributed by atoms with Crippen LogP contribution in [0.3, 0.4) is 0 Å². The molecule has 0 aliphatic heterocycles. The van der Waals surface area contributed by atoms with Gasteiger partial charge in [-0.3, -0.25) is 9.59 Å². The summed E-state index contributed by atoms with van der Waals surface area (Å²) in [5.74, 6) is -2.03. The molecule has 1 aliphatic carbocycles. The number of hydrogen-bond acceptors (Lipinski definition) is 3. The summed E-state index contributed by atoms with van der Waals surface area (Å²) in [7, 11) is 0. The van der Waals surface area contributed by atoms with Crippen molar-refractivity contribution in [2.24, 2.45) is 5.92 Å². The van der Waals surface area contributed by atoms with E-state index in [1.807, 2.05) is 0 Å². The lowest BCUT2D eigenvalue weighted by Crippen LogP contribution is -2.38. The molecule has 2 aromatic rings. The quantitative estimate of drug-likeness (QED) is 0.834. The van der Waals surface area contributed by atoms with Crippen molar-refractivity contribution < 1.29 is 27.9 Å². The molecule has 1 heterocycles. The molecule has 3 rings (SSSR count). The predicted molar refractivity (Wildman–Crippen MR) is 89.4 cm³/mol. The first kappa shape index (κ1) is 18.9. The summed E-state index contributed by atoms with van der Waals surface area (Å²) < 4.78 is 39.2. The number of nitrogens with zero attached hydrogens (tertiary/aromatic N) is 3. The summed E-state index contributed by atoms with van der Waals surface area (Å²) in [5, 5.41) is 12.6. The van der Waals surface area contributed by atoms with Crippen molar-refractivity contribution in [1.29, 1.82) is 0 Å². The van der Waals surface area contributed by atoms with E-state index in [1.54, 1.807) is 18.2 Å². The highest BCUT2D eigenvalue weighted by Gasteiger charge is 2.35. The first-order valence-corrected chi connectivity index (χ1v) is 8.44. The van der Waals surface area contributed by atoms with E-state index in [-0.39, 0.29) is 24.1 Å². The summed E-state index contributed by atoms with van der Waals surface area (Å²) in [5.41, 5.74) is -0.423. The molecule has 1 fully saturated rings. The maximum absolute atomic E-state index is 12.9. The highest BCUT2D eigenvalue weighted by molar-refractivity contribution is 5.95. The zero-order valence-corrected chi connectivity index (χ0v) is 14.5. The van der Waals surface area contributed by atoms with Gasteiger partial charge in [-0.2, -0.15) is 18.3 Å². The lowest BCUT2D eigenvalue weighted by Gasteiger charge is -2.24. The van der Waals surface area contributed by atoms with Crippen molar-refractivity contribution >= 4 is 11.9 Å². The summed E-state index contributed by atoms with van der Waals surface area (Å²) >= 11 is 0. The molecule has 1 unspecified atom stereocenters. The molecule has 9 heteroatoms. The first-order valence-electron chi connectivity index (χ1n) is 8.44. The third-order valence-electron chi connectivity index (χ3n) is 4.38. The van der Waals surface area contributed by atoms with Crippen LogP contribution in [0.4, 0.5) is 13.2 Å². The molecule has 0 saturated heterocycles. The maximum atomic E-state index is 12.9. The van der Waals surface area contributed by atoms with E-state index in [1.165, 1.54) is 24.1 Å². The Hall–Kier alpha value is -2.84. The average Bonchev–Trinajstić information content (AvgIpc) is 3.32. The van der Waals surface area contributed by atoms with Crippen molar-refractivity contribution in [3.8, 4) is 5.69 Å². The molecule has 6 nitrogen and oxygen atoms in total. The van der Waals surface area contributed by atoms with Crippen molar-refractivity contribution in [2.75, 3.05) is 6.54 Å². The van der Waals surface area contributed by atoms with Crippen LogP contribution in [-0.4, -0.2) is 44.3 Å². The molecule has 1 N–H and O–H groups in total. The van der Waals surface area contributed by atoms with E-state index >= 15 is 0 Å². The molecule has 0 bridgehead atoms. The lowest BCUT2D eigenvalue weighted by atomic mass is 10.1. The van der Waals surface area contributed by atoms with Gasteiger partial charge < -0.3 is 10.0 Å². The molecule has 1 amide bonds. The van der Waals surface area contributed by atoms with Gasteiger partial charge >= 0.3 is 12.1 Å². The Bertz CT molecular complexity index is 859. The molecule has 1 aromatic heterocycles. The van der Waals surface area contributed by atoms with Crippen LogP contribution in [0.15, 0.2) is 36.5 Å². The second-order valence-corrected chi connectivity index (χ2v) is 6.62. The van der Waals surface area contributed by atoms with Gasteiger partial charge in [0.2, 0.25) is 0 Å². The Morgan fingerprint density at radius 2 is 2.04 bits per heavy atom. The molecule has 1 atom stereocenters. The summed E-state index contributed by atoms with van der Waals surface area (Å²) in [6, 6.07) is 6.98. The van der Waals surface area contributed by atoms with Gasteiger partial charge in [0.1, 0.15) is 0 Å². The fourth-order valence-corrected chi connectivity index (χ4v) is 2.72. The number of benzene rings is 1. The molecule has 1 saturated carbocycles. The predicted octanol–water partition coefficient (Wildman–Crippen LogP) is 3.22. The number of carboxylic acids is 1. The lowest BCUT2D eigenvalue weighted by molar-refractivity contribution is -0.142. The molecule has 144 valence electrons. The van der Waals surface area contributed by atoms with Crippen molar-refractivity contribution in [1.82, 2.24) is 14.7 Å². The minimum Gasteiger partial charge on any atom is -0.481 e. The Labute approximate surface area is 153 Å². The SMILES string of the molecule is CC(CN(C(=O)c1cccc(-n2ccc(C(F)(F)F)n2)c1)C1CC1)C(=O)O. The number of hydrogen-bond donors (Lipinski definition) is 1. The van der Waals surface area contributed by atoms with Crippen LogP contribution < -0.4 is 0 Å². The molecular weight excluding hydrogens is 363 g/mol. The van der Waals surface area contributed by atoms with Gasteiger partial charge in [0.15, 0.2) is 5.69 Å². The third kappa shape index (κ3) is 4.29. The summed E-state index contributed by atoms with van der Waals surface area (Å²) in [6.07, 6.45) is -1.75. The minimum atomic E-state index is -4.55. The number of rotatable bonds is 6. The van der Waals surface area contributed by atoms with Gasteiger partial charge in [-0.1, -0.05) is 13.0 Å². The molecule has 0 spiro atoms. The van der Waals surface area contributed by atoms with E-state index in [2.05, 4.69) is 5.10 Å². The third-order valence-corrected chi connectivity index (χ3v) is 4.38. The van der Waals surface area contributed by atoms with Crippen molar-refractivity contribution in [3.05, 3.63) is 47.8 Å². The molecule has 0 radical (unpaired) electrons. The fourth-order valence-electron chi connectivity index (χ4n) is 2.72. The Morgan fingerprint density at radius 1 is 1.33 bits per heavy atom. The number of carboxylic acid groups (broad SMARTS) is 1. The van der Waals surface area contributed by atoms with Crippen LogP contribution in [0.5, 0.6) is 0 Å². The number of alkyl halides is 3. The average molecular weight is 381 g/mol. The smallest absolute Gasteiger partial charge is 0.435 e. The Balaban J connectivity index is 1.84. The molecular formula is C18H18F3N3O3. The van der Waals surface area contributed by atoms with E-state index in [9.17, 15) is 22.8 Å². The van der Waals surface area contributed by atoms with Crippen LogP contribution in [0, 0.1) is 5.92 Å². The van der Waals surface area contributed by atoms with Gasteiger partial charge in [0.05, 0.1) is 11.6 Å². The number of carbonyl (C=O) groups excluding carboxylic acids is 1. The van der Waals surface area contributed by atoms with E-state index < -0.39 is 23.8 Å². The number of carbonyl (C=O) groups is 2. The Kier molecular flexibility index (Phi) is 4.95. The summed E-state index contributed by atoms with van der Waals surface area (Å²) in [6.45, 7) is 1.62. The Morgan fingerprint density at radius 3 is 2.59 bits per heavy atom. The van der Waals surface area contributed by atoms with Crippen molar-refractivity contribution in [2.45, 2.75) is 32.0 Å². The number of aromatic nitrogens is 2. The molecule has 1 aliphatic rings. The van der Waals surface area contributed by atoms with Crippen LogP contribution in [0.2, 0.25) is 0 Å². The standard InChI is InChI=1S/C18H18F3N3O3/c1-11(17(26)27)10-23(13-5-6-13)16(25)12-3-2-4-14(9-12)24-8-7-15(22-24)18(19,20)21/h2-4,7-9,11,13H,5-6,10H2,1H3,(H,26,27). The van der Waals surface area contributed by atoms with Gasteiger partial charge in [-0.05, 0) is 37.1 Å². The largest absolute Gasteiger partial charge is 0.481 e. The first-order chi connectivity index (χ1) is 12.7.